The van der Waals surface area contributed by atoms with Gasteiger partial charge in [-0.25, -0.2) is 4.18 Å². The molecule has 1 aromatic rings. The van der Waals surface area contributed by atoms with Crippen molar-refractivity contribution in [3.63, 3.8) is 0 Å². The zero-order valence-electron chi connectivity index (χ0n) is 24.7. The molecule has 39 heavy (non-hydrogen) atoms. The molecule has 8 atom stereocenters. The summed E-state index contributed by atoms with van der Waals surface area (Å²) in [7, 11) is -4.40. The summed E-state index contributed by atoms with van der Waals surface area (Å²) in [5.74, 6) is 3.66. The third kappa shape index (κ3) is 7.14. The van der Waals surface area contributed by atoms with Gasteiger partial charge in [-0.1, -0.05) is 51.3 Å². The molecule has 3 fully saturated rings. The lowest BCUT2D eigenvalue weighted by molar-refractivity contribution is -0.0563. The maximum atomic E-state index is 11.2. The third-order valence-electron chi connectivity index (χ3n) is 11.1. The Morgan fingerprint density at radius 3 is 2.38 bits per heavy atom. The Hall–Kier alpha value is -1.28. The zero-order valence-corrected chi connectivity index (χ0v) is 25.5. The molecule has 4 aliphatic rings. The monoisotopic (exact) mass is 561 g/mol. The topological polar surface area (TPSA) is 96.7 Å². The van der Waals surface area contributed by atoms with Gasteiger partial charge in [0.1, 0.15) is 0 Å². The Labute approximate surface area is 237 Å². The highest BCUT2D eigenvalue weighted by molar-refractivity contribution is 7.80. The molecule has 1 heterocycles. The molecule has 5 rings (SSSR count). The maximum absolute atomic E-state index is 11.2. The average molecular weight is 562 g/mol. The van der Waals surface area contributed by atoms with Crippen LogP contribution in [0.15, 0.2) is 42.2 Å². The van der Waals surface area contributed by atoms with Crippen molar-refractivity contribution in [2.45, 2.75) is 117 Å². The third-order valence-corrected chi connectivity index (χ3v) is 11.6. The Kier molecular flexibility index (Phi) is 9.37. The number of aromatic nitrogens is 1. The van der Waals surface area contributed by atoms with E-state index in [0.717, 1.165) is 43.4 Å². The van der Waals surface area contributed by atoms with E-state index in [1.165, 1.54) is 37.7 Å². The quantitative estimate of drug-likeness (QED) is 0.266. The van der Waals surface area contributed by atoms with Crippen molar-refractivity contribution in [2.24, 2.45) is 40.4 Å². The fraction of sp³-hybridized carbons (Fsp3) is 0.781. The van der Waals surface area contributed by atoms with E-state index in [9.17, 15) is 13.5 Å². The van der Waals surface area contributed by atoms with Crippen molar-refractivity contribution in [1.29, 1.82) is 0 Å². The normalized spacial score (nSPS) is 36.9. The van der Waals surface area contributed by atoms with Crippen molar-refractivity contribution < 1.29 is 22.3 Å². The molecule has 1 aromatic heterocycles. The van der Waals surface area contributed by atoms with Crippen molar-refractivity contribution >= 4 is 10.4 Å². The van der Waals surface area contributed by atoms with Crippen LogP contribution in [0.3, 0.4) is 0 Å². The van der Waals surface area contributed by atoms with Crippen LogP contribution >= 0.6 is 0 Å². The molecule has 0 spiro atoms. The van der Waals surface area contributed by atoms with Crippen LogP contribution in [-0.4, -0.2) is 34.8 Å². The van der Waals surface area contributed by atoms with E-state index in [1.807, 2.05) is 32.0 Å². The molecule has 4 aliphatic carbocycles. The van der Waals surface area contributed by atoms with Gasteiger partial charge in [0.25, 0.3) is 0 Å². The fourth-order valence-electron chi connectivity index (χ4n) is 9.23. The molecule has 0 aromatic carbocycles. The summed E-state index contributed by atoms with van der Waals surface area (Å²) < 4.78 is 36.5. The van der Waals surface area contributed by atoms with Gasteiger partial charge in [-0.15, -0.1) is 0 Å². The van der Waals surface area contributed by atoms with Gasteiger partial charge in [-0.05, 0) is 124 Å². The highest BCUT2D eigenvalue weighted by atomic mass is 32.3. The van der Waals surface area contributed by atoms with E-state index < -0.39 is 22.1 Å². The van der Waals surface area contributed by atoms with Gasteiger partial charge in [0.2, 0.25) is 0 Å². The van der Waals surface area contributed by atoms with Gasteiger partial charge in [0.05, 0.1) is 11.7 Å². The molecule has 2 N–H and O–H groups in total. The van der Waals surface area contributed by atoms with Gasteiger partial charge < -0.3 is 5.11 Å². The van der Waals surface area contributed by atoms with Crippen molar-refractivity contribution in [1.82, 2.24) is 4.98 Å². The first-order valence-electron chi connectivity index (χ1n) is 15.2. The Morgan fingerprint density at radius 1 is 1.08 bits per heavy atom. The minimum Gasteiger partial charge on any atom is -0.390 e. The fourth-order valence-corrected chi connectivity index (χ4v) is 9.74. The number of allylic oxidation sites excluding steroid dienone is 1. The Balaban J connectivity index is 0.000000519. The molecule has 0 unspecified atom stereocenters. The number of hydrogen-bond donors (Lipinski definition) is 2. The first-order valence-corrected chi connectivity index (χ1v) is 16.5. The van der Waals surface area contributed by atoms with Crippen LogP contribution < -0.4 is 0 Å². The molecular weight excluding hydrogens is 510 g/mol. The summed E-state index contributed by atoms with van der Waals surface area (Å²) in [6.07, 6.45) is 17.3. The number of rotatable bonds is 7. The predicted molar refractivity (Wildman–Crippen MR) is 155 cm³/mol. The molecule has 3 saturated carbocycles. The summed E-state index contributed by atoms with van der Waals surface area (Å²) in [5, 5.41) is 10.1. The molecule has 0 bridgehead atoms. The van der Waals surface area contributed by atoms with Crippen LogP contribution in [0.25, 0.3) is 0 Å². The Bertz CT molecular complexity index is 1060. The smallest absolute Gasteiger partial charge is 0.390 e. The van der Waals surface area contributed by atoms with E-state index in [1.54, 1.807) is 12.4 Å². The van der Waals surface area contributed by atoms with E-state index in [0.29, 0.717) is 30.1 Å². The van der Waals surface area contributed by atoms with Gasteiger partial charge in [0, 0.05) is 12.4 Å². The van der Waals surface area contributed by atoms with Gasteiger partial charge >= 0.3 is 10.4 Å². The molecule has 220 valence electrons. The largest absolute Gasteiger partial charge is 0.397 e. The van der Waals surface area contributed by atoms with Crippen LogP contribution in [-0.2, 0) is 14.6 Å². The van der Waals surface area contributed by atoms with E-state index in [4.69, 9.17) is 8.74 Å². The highest BCUT2D eigenvalue weighted by Crippen LogP contribution is 2.67. The second-order valence-electron chi connectivity index (χ2n) is 14.1. The number of nitrogens with zero attached hydrogens (tertiary/aromatic N) is 1. The minimum atomic E-state index is -4.40. The molecule has 0 aliphatic heterocycles. The van der Waals surface area contributed by atoms with E-state index in [2.05, 4.69) is 31.8 Å². The number of aliphatic hydroxyl groups is 1. The van der Waals surface area contributed by atoms with E-state index in [-0.39, 0.29) is 5.41 Å². The first kappa shape index (κ1) is 30.7. The van der Waals surface area contributed by atoms with Gasteiger partial charge in [-0.3, -0.25) is 9.54 Å². The SMILES string of the molecule is C[C@H](CCCC(C)(C)O)[C@H]1CC[C@H]2[C@@H]3CC=C4C[C@@H](OS(=O)(=O)O)CC[C@]4(C)[C@H]3CC[C@]12C.c1ccncc1. The summed E-state index contributed by atoms with van der Waals surface area (Å²) in [6, 6.07) is 5.72. The van der Waals surface area contributed by atoms with E-state index >= 15 is 0 Å². The van der Waals surface area contributed by atoms with Crippen molar-refractivity contribution in [2.75, 3.05) is 0 Å². The number of pyridine rings is 1. The molecular formula is C32H51NO5S. The second-order valence-corrected chi connectivity index (χ2v) is 15.1. The zero-order chi connectivity index (χ0) is 28.5. The molecule has 0 saturated heterocycles. The van der Waals surface area contributed by atoms with Crippen molar-refractivity contribution in [3.05, 3.63) is 42.2 Å². The van der Waals surface area contributed by atoms with Crippen LogP contribution in [0, 0.1) is 40.4 Å². The summed E-state index contributed by atoms with van der Waals surface area (Å²) in [6.45, 7) is 11.3. The average Bonchev–Trinajstić information content (AvgIpc) is 3.21. The van der Waals surface area contributed by atoms with Crippen LogP contribution in [0.4, 0.5) is 0 Å². The molecule has 0 amide bonds. The van der Waals surface area contributed by atoms with Crippen LogP contribution in [0.5, 0.6) is 0 Å². The van der Waals surface area contributed by atoms with Crippen LogP contribution in [0.2, 0.25) is 0 Å². The standard InChI is InChI=1S/C27H46O5S.C5H5N/c1-18(7-6-14-25(2,3)28)22-10-11-23-21-9-8-19-17-20(32-33(29,30)31)12-15-26(19,4)24(21)13-16-27(22,23)5;1-2-4-6-5-3-1/h8,18,20-24,28H,6-7,9-17H2,1-5H3,(H,29,30,31);1-5H/t18-,20+,21+,22-,23+,24+,26+,27-;/m1./s1. The molecule has 7 heteroatoms. The molecule has 0 radical (unpaired) electrons. The van der Waals surface area contributed by atoms with Crippen LogP contribution in [0.1, 0.15) is 105 Å². The predicted octanol–water partition coefficient (Wildman–Crippen LogP) is 7.41. The summed E-state index contributed by atoms with van der Waals surface area (Å²) in [4.78, 5) is 3.78. The number of fused-ring (bicyclic) bond motifs is 5. The Morgan fingerprint density at radius 2 is 1.79 bits per heavy atom. The highest BCUT2D eigenvalue weighted by Gasteiger charge is 2.59. The lowest BCUT2D eigenvalue weighted by atomic mass is 9.47. The maximum Gasteiger partial charge on any atom is 0.397 e. The molecule has 6 nitrogen and oxygen atoms in total. The summed E-state index contributed by atoms with van der Waals surface area (Å²) >= 11 is 0. The lowest BCUT2D eigenvalue weighted by Crippen LogP contribution is -2.51. The first-order chi connectivity index (χ1) is 18.2. The lowest BCUT2D eigenvalue weighted by Gasteiger charge is -2.58. The second kappa shape index (κ2) is 11.9. The minimum absolute atomic E-state index is 0.139. The van der Waals surface area contributed by atoms with Gasteiger partial charge in [0.15, 0.2) is 0 Å². The van der Waals surface area contributed by atoms with Gasteiger partial charge in [-0.2, -0.15) is 8.42 Å². The van der Waals surface area contributed by atoms with Crippen molar-refractivity contribution in [3.8, 4) is 0 Å². The summed E-state index contributed by atoms with van der Waals surface area (Å²) in [5.41, 5.74) is 1.36. The number of hydrogen-bond acceptors (Lipinski definition) is 5.